The van der Waals surface area contributed by atoms with Gasteiger partial charge in [0.2, 0.25) is 5.91 Å². The highest BCUT2D eigenvalue weighted by Gasteiger charge is 2.39. The molecule has 1 fully saturated rings. The van der Waals surface area contributed by atoms with E-state index < -0.39 is 10.3 Å². The Kier molecular flexibility index (Phi) is 3.73. The summed E-state index contributed by atoms with van der Waals surface area (Å²) in [5.74, 6) is -0.117. The molecule has 0 aliphatic carbocycles. The number of non-ortho nitro benzene ring substituents is 1. The van der Waals surface area contributed by atoms with E-state index in [0.717, 1.165) is 0 Å². The minimum atomic E-state index is -0.665. The maximum atomic E-state index is 11.9. The number of nitro benzene ring substituents is 1. The minimum Gasteiger partial charge on any atom is -0.310 e. The van der Waals surface area contributed by atoms with E-state index in [9.17, 15) is 14.9 Å². The molecule has 0 bridgehead atoms. The summed E-state index contributed by atoms with van der Waals surface area (Å²) >= 11 is 11.7. The predicted octanol–water partition coefficient (Wildman–Crippen LogP) is 2.40. The average molecular weight is 289 g/mol. The summed E-state index contributed by atoms with van der Waals surface area (Å²) in [6, 6.07) is 5.92. The zero-order valence-electron chi connectivity index (χ0n) is 9.25. The van der Waals surface area contributed by atoms with Gasteiger partial charge in [-0.05, 0) is 6.07 Å². The number of benzene rings is 1. The van der Waals surface area contributed by atoms with E-state index in [4.69, 9.17) is 23.2 Å². The maximum absolute atomic E-state index is 11.9. The third kappa shape index (κ3) is 2.28. The number of amides is 1. The smallest absolute Gasteiger partial charge is 0.271 e. The number of carbonyl (C=O) groups is 1. The third-order valence-electron chi connectivity index (χ3n) is 2.88. The first-order valence-corrected chi connectivity index (χ1v) is 6.27. The molecule has 2 rings (SSSR count). The van der Waals surface area contributed by atoms with Crippen LogP contribution in [-0.4, -0.2) is 28.6 Å². The molecular weight excluding hydrogens is 279 g/mol. The highest BCUT2D eigenvalue weighted by Crippen LogP contribution is 2.31. The van der Waals surface area contributed by atoms with Crippen LogP contribution in [0.15, 0.2) is 24.3 Å². The lowest BCUT2D eigenvalue weighted by molar-refractivity contribution is -0.384. The van der Waals surface area contributed by atoms with Crippen LogP contribution < -0.4 is 4.90 Å². The zero-order chi connectivity index (χ0) is 13.3. The molecule has 7 heteroatoms. The molecule has 1 aliphatic rings. The monoisotopic (exact) mass is 288 g/mol. The number of rotatable bonds is 3. The van der Waals surface area contributed by atoms with Gasteiger partial charge in [-0.2, -0.15) is 0 Å². The Labute approximate surface area is 113 Å². The van der Waals surface area contributed by atoms with E-state index in [-0.39, 0.29) is 23.4 Å². The van der Waals surface area contributed by atoms with Crippen LogP contribution in [0.5, 0.6) is 0 Å². The number of hydrogen-bond acceptors (Lipinski definition) is 3. The van der Waals surface area contributed by atoms with Crippen molar-refractivity contribution in [3.8, 4) is 0 Å². The fourth-order valence-corrected chi connectivity index (χ4v) is 2.56. The molecule has 1 aliphatic heterocycles. The van der Waals surface area contributed by atoms with Gasteiger partial charge in [-0.15, -0.1) is 23.2 Å². The molecule has 2 unspecified atom stereocenters. The SMILES string of the molecule is O=C1C(Cl)C(CCl)CN1c1cccc([N+](=O)[O-])c1. The Morgan fingerprint density at radius 3 is 2.78 bits per heavy atom. The molecule has 2 atom stereocenters. The van der Waals surface area contributed by atoms with Gasteiger partial charge >= 0.3 is 0 Å². The molecule has 1 amide bonds. The van der Waals surface area contributed by atoms with E-state index in [1.165, 1.54) is 23.1 Å². The van der Waals surface area contributed by atoms with Gasteiger partial charge in [-0.25, -0.2) is 0 Å². The second kappa shape index (κ2) is 5.12. The Balaban J connectivity index is 2.30. The van der Waals surface area contributed by atoms with Crippen molar-refractivity contribution >= 4 is 40.5 Å². The average Bonchev–Trinajstić information content (AvgIpc) is 2.66. The summed E-state index contributed by atoms with van der Waals surface area (Å²) in [6.45, 7) is 0.387. The molecule has 0 spiro atoms. The standard InChI is InChI=1S/C11H10Cl2N2O3/c12-5-7-6-14(11(16)10(7)13)8-2-1-3-9(4-8)15(17)18/h1-4,7,10H,5-6H2. The topological polar surface area (TPSA) is 63.5 Å². The van der Waals surface area contributed by atoms with Gasteiger partial charge in [0.15, 0.2) is 0 Å². The molecule has 0 N–H and O–H groups in total. The van der Waals surface area contributed by atoms with Crippen LogP contribution in [0.4, 0.5) is 11.4 Å². The lowest BCUT2D eigenvalue weighted by Gasteiger charge is -2.15. The van der Waals surface area contributed by atoms with Gasteiger partial charge in [-0.3, -0.25) is 14.9 Å². The fourth-order valence-electron chi connectivity index (χ4n) is 1.90. The molecule has 1 saturated heterocycles. The first-order chi connectivity index (χ1) is 8.54. The quantitative estimate of drug-likeness (QED) is 0.487. The maximum Gasteiger partial charge on any atom is 0.271 e. The lowest BCUT2D eigenvalue weighted by Crippen LogP contribution is -2.27. The number of halogens is 2. The van der Waals surface area contributed by atoms with Crippen LogP contribution in [-0.2, 0) is 4.79 Å². The highest BCUT2D eigenvalue weighted by atomic mass is 35.5. The molecule has 96 valence electrons. The minimum absolute atomic E-state index is 0.0549. The zero-order valence-corrected chi connectivity index (χ0v) is 10.8. The fraction of sp³-hybridized carbons (Fsp3) is 0.364. The predicted molar refractivity (Wildman–Crippen MR) is 69.3 cm³/mol. The summed E-state index contributed by atoms with van der Waals surface area (Å²) in [5.41, 5.74) is 0.424. The van der Waals surface area contributed by atoms with Gasteiger partial charge in [0.05, 0.1) is 10.6 Å². The largest absolute Gasteiger partial charge is 0.310 e. The van der Waals surface area contributed by atoms with E-state index in [0.29, 0.717) is 12.2 Å². The second-order valence-electron chi connectivity index (χ2n) is 4.04. The van der Waals surface area contributed by atoms with Crippen molar-refractivity contribution in [2.75, 3.05) is 17.3 Å². The molecule has 0 aromatic heterocycles. The Morgan fingerprint density at radius 2 is 2.22 bits per heavy atom. The molecule has 1 aromatic rings. The summed E-state index contributed by atoms with van der Waals surface area (Å²) in [6.07, 6.45) is 0. The van der Waals surface area contributed by atoms with Crippen molar-refractivity contribution in [2.45, 2.75) is 5.38 Å². The number of nitro groups is 1. The van der Waals surface area contributed by atoms with Crippen LogP contribution in [0.2, 0.25) is 0 Å². The van der Waals surface area contributed by atoms with Crippen molar-refractivity contribution in [1.82, 2.24) is 0 Å². The van der Waals surface area contributed by atoms with Crippen molar-refractivity contribution in [2.24, 2.45) is 5.92 Å². The lowest BCUT2D eigenvalue weighted by atomic mass is 10.1. The van der Waals surface area contributed by atoms with Gasteiger partial charge in [0, 0.05) is 30.5 Å². The molecule has 0 saturated carbocycles. The van der Waals surface area contributed by atoms with Crippen molar-refractivity contribution in [3.05, 3.63) is 34.4 Å². The highest BCUT2D eigenvalue weighted by molar-refractivity contribution is 6.34. The van der Waals surface area contributed by atoms with Gasteiger partial charge in [0.25, 0.3) is 5.69 Å². The molecule has 0 radical (unpaired) electrons. The Hall–Kier alpha value is -1.33. The van der Waals surface area contributed by atoms with Crippen molar-refractivity contribution in [1.29, 1.82) is 0 Å². The first kappa shape index (κ1) is 13.1. The number of alkyl halides is 2. The molecule has 5 nitrogen and oxygen atoms in total. The first-order valence-electron chi connectivity index (χ1n) is 5.30. The van der Waals surface area contributed by atoms with Gasteiger partial charge < -0.3 is 4.90 Å². The van der Waals surface area contributed by atoms with Gasteiger partial charge in [-0.1, -0.05) is 6.07 Å². The number of nitrogens with zero attached hydrogens (tertiary/aromatic N) is 2. The van der Waals surface area contributed by atoms with Crippen LogP contribution >= 0.6 is 23.2 Å². The van der Waals surface area contributed by atoms with E-state index in [2.05, 4.69) is 0 Å². The van der Waals surface area contributed by atoms with Crippen LogP contribution in [0.25, 0.3) is 0 Å². The van der Waals surface area contributed by atoms with E-state index in [1.54, 1.807) is 6.07 Å². The molecular formula is C11H10Cl2N2O3. The molecule has 18 heavy (non-hydrogen) atoms. The molecule has 1 aromatic carbocycles. The summed E-state index contributed by atoms with van der Waals surface area (Å²) in [4.78, 5) is 23.6. The Bertz CT molecular complexity index is 495. The normalized spacial score (nSPS) is 23.4. The van der Waals surface area contributed by atoms with Crippen LogP contribution in [0.1, 0.15) is 0 Å². The van der Waals surface area contributed by atoms with Crippen LogP contribution in [0.3, 0.4) is 0 Å². The molecule has 1 heterocycles. The van der Waals surface area contributed by atoms with Crippen LogP contribution in [0, 0.1) is 16.0 Å². The summed E-state index contributed by atoms with van der Waals surface area (Å²) in [7, 11) is 0. The van der Waals surface area contributed by atoms with Crippen molar-refractivity contribution in [3.63, 3.8) is 0 Å². The third-order valence-corrected chi connectivity index (χ3v) is 3.82. The van der Waals surface area contributed by atoms with Crippen molar-refractivity contribution < 1.29 is 9.72 Å². The number of hydrogen-bond donors (Lipinski definition) is 0. The Morgan fingerprint density at radius 1 is 1.50 bits per heavy atom. The summed E-state index contributed by atoms with van der Waals surface area (Å²) in [5, 5.41) is 10.0. The van der Waals surface area contributed by atoms with E-state index >= 15 is 0 Å². The summed E-state index contributed by atoms with van der Waals surface area (Å²) < 4.78 is 0. The van der Waals surface area contributed by atoms with E-state index in [1.807, 2.05) is 0 Å². The number of carbonyl (C=O) groups excluding carboxylic acids is 1. The van der Waals surface area contributed by atoms with Gasteiger partial charge in [0.1, 0.15) is 5.38 Å². The number of anilines is 1. The second-order valence-corrected chi connectivity index (χ2v) is 4.82.